The van der Waals surface area contributed by atoms with Crippen LogP contribution in [-0.4, -0.2) is 39.4 Å². The molecule has 3 rings (SSSR count). The predicted octanol–water partition coefficient (Wildman–Crippen LogP) is 3.09. The number of rotatable bonds is 6. The highest BCUT2D eigenvalue weighted by molar-refractivity contribution is 6.15. The second-order valence-corrected chi connectivity index (χ2v) is 5.14. The van der Waals surface area contributed by atoms with Gasteiger partial charge in [0.25, 0.3) is 0 Å². The highest BCUT2D eigenvalue weighted by atomic mass is 16.5. The number of methoxy groups -OCH3 is 4. The summed E-state index contributed by atoms with van der Waals surface area (Å²) in [5.41, 5.74) is 1.02. The Hall–Kier alpha value is -3.22. The van der Waals surface area contributed by atoms with E-state index in [1.165, 1.54) is 21.3 Å². The van der Waals surface area contributed by atoms with E-state index in [-0.39, 0.29) is 11.5 Å². The van der Waals surface area contributed by atoms with E-state index < -0.39 is 0 Å². The third-order valence-corrected chi connectivity index (χ3v) is 3.82. The Morgan fingerprint density at radius 3 is 2.16 bits per heavy atom. The van der Waals surface area contributed by atoms with Crippen LogP contribution in [0.2, 0.25) is 0 Å². The van der Waals surface area contributed by atoms with E-state index >= 15 is 0 Å². The van der Waals surface area contributed by atoms with Gasteiger partial charge < -0.3 is 23.5 Å². The lowest BCUT2D eigenvalue weighted by molar-refractivity contribution is 0.103. The molecular formula is C18H17NO6. The topological polar surface area (TPSA) is 80.0 Å². The molecule has 0 N–H and O–H groups in total. The molecule has 0 aliphatic heterocycles. The average molecular weight is 343 g/mol. The molecule has 0 atom stereocenters. The summed E-state index contributed by atoms with van der Waals surface area (Å²) >= 11 is 0. The van der Waals surface area contributed by atoms with Crippen molar-refractivity contribution in [2.75, 3.05) is 28.4 Å². The maximum absolute atomic E-state index is 12.9. The smallest absolute Gasteiger partial charge is 0.215 e. The van der Waals surface area contributed by atoms with E-state index in [4.69, 9.17) is 23.5 Å². The molecule has 0 saturated carbocycles. The second kappa shape index (κ2) is 6.72. The number of nitrogens with zero attached hydrogens (tertiary/aromatic N) is 1. The second-order valence-electron chi connectivity index (χ2n) is 5.14. The molecule has 3 aromatic rings. The first-order chi connectivity index (χ1) is 12.1. The molecule has 0 aliphatic rings. The Kier molecular flexibility index (Phi) is 4.47. The third kappa shape index (κ3) is 2.84. The minimum atomic E-state index is -0.317. The lowest BCUT2D eigenvalue weighted by atomic mass is 10.0. The summed E-state index contributed by atoms with van der Waals surface area (Å²) in [6.45, 7) is 0. The molecule has 2 aromatic carbocycles. The van der Waals surface area contributed by atoms with Crippen LogP contribution in [0.15, 0.2) is 34.9 Å². The number of carbonyl (C=O) groups excluding carboxylic acids is 1. The fourth-order valence-electron chi connectivity index (χ4n) is 2.56. The number of ether oxygens (including phenoxy) is 4. The van der Waals surface area contributed by atoms with Crippen LogP contribution in [0.3, 0.4) is 0 Å². The molecule has 0 fully saturated rings. The molecule has 0 unspecified atom stereocenters. The van der Waals surface area contributed by atoms with Crippen LogP contribution in [0, 0.1) is 0 Å². The van der Waals surface area contributed by atoms with E-state index in [1.54, 1.807) is 37.4 Å². The molecule has 0 aliphatic carbocycles. The SMILES string of the molecule is COc1ccc2c(C(=O)c3cc(OC)c(OC)c(OC)c3)noc2c1. The zero-order chi connectivity index (χ0) is 18.0. The average Bonchev–Trinajstić information content (AvgIpc) is 3.08. The summed E-state index contributed by atoms with van der Waals surface area (Å²) in [5, 5.41) is 4.50. The molecule has 7 nitrogen and oxygen atoms in total. The number of hydrogen-bond donors (Lipinski definition) is 0. The van der Waals surface area contributed by atoms with Crippen molar-refractivity contribution >= 4 is 16.8 Å². The number of benzene rings is 2. The lowest BCUT2D eigenvalue weighted by Crippen LogP contribution is -2.05. The van der Waals surface area contributed by atoms with Gasteiger partial charge in [0.15, 0.2) is 22.8 Å². The zero-order valence-electron chi connectivity index (χ0n) is 14.3. The maximum Gasteiger partial charge on any atom is 0.215 e. The molecular weight excluding hydrogens is 326 g/mol. The standard InChI is InChI=1S/C18H17NO6/c1-21-11-5-6-12-13(9-11)25-19-16(12)17(20)10-7-14(22-2)18(24-4)15(8-10)23-3/h5-9H,1-4H3. The molecule has 7 heteroatoms. The van der Waals surface area contributed by atoms with Crippen LogP contribution in [-0.2, 0) is 0 Å². The molecule has 25 heavy (non-hydrogen) atoms. The van der Waals surface area contributed by atoms with Gasteiger partial charge in [-0.2, -0.15) is 0 Å². The van der Waals surface area contributed by atoms with Gasteiger partial charge in [-0.3, -0.25) is 4.79 Å². The summed E-state index contributed by atoms with van der Waals surface area (Å²) in [4.78, 5) is 12.9. The van der Waals surface area contributed by atoms with Crippen LogP contribution < -0.4 is 18.9 Å². The highest BCUT2D eigenvalue weighted by Crippen LogP contribution is 2.39. The Morgan fingerprint density at radius 2 is 1.60 bits per heavy atom. The van der Waals surface area contributed by atoms with E-state index in [2.05, 4.69) is 5.16 Å². The molecule has 0 bridgehead atoms. The van der Waals surface area contributed by atoms with Crippen molar-refractivity contribution in [2.45, 2.75) is 0 Å². The van der Waals surface area contributed by atoms with Crippen LogP contribution in [0.25, 0.3) is 11.0 Å². The summed E-state index contributed by atoms with van der Waals surface area (Å²) in [5.74, 6) is 1.49. The molecule has 0 spiro atoms. The fraction of sp³-hybridized carbons (Fsp3) is 0.222. The molecule has 0 amide bonds. The van der Waals surface area contributed by atoms with Crippen molar-refractivity contribution in [3.8, 4) is 23.0 Å². The van der Waals surface area contributed by atoms with E-state index in [9.17, 15) is 4.79 Å². The Morgan fingerprint density at radius 1 is 0.920 bits per heavy atom. The molecule has 130 valence electrons. The highest BCUT2D eigenvalue weighted by Gasteiger charge is 2.22. The number of hydrogen-bond acceptors (Lipinski definition) is 7. The molecule has 1 heterocycles. The summed E-state index contributed by atoms with van der Waals surface area (Å²) in [7, 11) is 6.03. The monoisotopic (exact) mass is 343 g/mol. The third-order valence-electron chi connectivity index (χ3n) is 3.82. The van der Waals surface area contributed by atoms with Gasteiger partial charge in [0, 0.05) is 11.6 Å². The molecule has 0 radical (unpaired) electrons. The van der Waals surface area contributed by atoms with Crippen molar-refractivity contribution in [3.05, 3.63) is 41.6 Å². The van der Waals surface area contributed by atoms with Crippen molar-refractivity contribution < 1.29 is 28.3 Å². The van der Waals surface area contributed by atoms with E-state index in [0.29, 0.717) is 39.5 Å². The largest absolute Gasteiger partial charge is 0.497 e. The Bertz CT molecular complexity index is 905. The first-order valence-electron chi connectivity index (χ1n) is 7.41. The van der Waals surface area contributed by atoms with E-state index in [1.807, 2.05) is 0 Å². The minimum absolute atomic E-state index is 0.201. The van der Waals surface area contributed by atoms with Crippen LogP contribution in [0.4, 0.5) is 0 Å². The van der Waals surface area contributed by atoms with Crippen molar-refractivity contribution in [3.63, 3.8) is 0 Å². The van der Waals surface area contributed by atoms with Gasteiger partial charge in [-0.1, -0.05) is 5.16 Å². The van der Waals surface area contributed by atoms with Crippen LogP contribution >= 0.6 is 0 Å². The minimum Gasteiger partial charge on any atom is -0.497 e. The lowest BCUT2D eigenvalue weighted by Gasteiger charge is -2.13. The maximum atomic E-state index is 12.9. The summed E-state index contributed by atoms with van der Waals surface area (Å²) in [6.07, 6.45) is 0. The normalized spacial score (nSPS) is 10.6. The molecule has 1 aromatic heterocycles. The van der Waals surface area contributed by atoms with E-state index in [0.717, 1.165) is 0 Å². The number of carbonyl (C=O) groups is 1. The first-order valence-corrected chi connectivity index (χ1v) is 7.41. The Labute approximate surface area is 144 Å². The fourth-order valence-corrected chi connectivity index (χ4v) is 2.56. The molecule has 0 saturated heterocycles. The van der Waals surface area contributed by atoms with Crippen LogP contribution in [0.5, 0.6) is 23.0 Å². The number of ketones is 1. The number of aromatic nitrogens is 1. The van der Waals surface area contributed by atoms with Gasteiger partial charge in [-0.15, -0.1) is 0 Å². The van der Waals surface area contributed by atoms with Crippen LogP contribution in [0.1, 0.15) is 16.1 Å². The quantitative estimate of drug-likeness (QED) is 0.636. The summed E-state index contributed by atoms with van der Waals surface area (Å²) in [6, 6.07) is 8.30. The van der Waals surface area contributed by atoms with Gasteiger partial charge >= 0.3 is 0 Å². The predicted molar refractivity (Wildman–Crippen MR) is 90.1 cm³/mol. The van der Waals surface area contributed by atoms with Gasteiger partial charge in [-0.05, 0) is 24.3 Å². The summed E-state index contributed by atoms with van der Waals surface area (Å²) < 4.78 is 26.2. The van der Waals surface area contributed by atoms with Gasteiger partial charge in [0.05, 0.1) is 33.8 Å². The van der Waals surface area contributed by atoms with Crippen molar-refractivity contribution in [2.24, 2.45) is 0 Å². The Balaban J connectivity index is 2.09. The number of fused-ring (bicyclic) bond motifs is 1. The van der Waals surface area contributed by atoms with Gasteiger partial charge in [0.2, 0.25) is 11.5 Å². The van der Waals surface area contributed by atoms with Gasteiger partial charge in [0.1, 0.15) is 5.75 Å². The first kappa shape index (κ1) is 16.6. The van der Waals surface area contributed by atoms with Crippen molar-refractivity contribution in [1.82, 2.24) is 5.16 Å². The van der Waals surface area contributed by atoms with Gasteiger partial charge in [-0.25, -0.2) is 0 Å². The zero-order valence-corrected chi connectivity index (χ0v) is 14.3. The van der Waals surface area contributed by atoms with Crippen molar-refractivity contribution in [1.29, 1.82) is 0 Å².